The maximum atomic E-state index is 12.1. The van der Waals surface area contributed by atoms with Crippen molar-refractivity contribution in [1.82, 2.24) is 10.2 Å². The molecule has 0 radical (unpaired) electrons. The molecule has 0 aromatic rings. The van der Waals surface area contributed by atoms with Gasteiger partial charge in [-0.25, -0.2) is 4.79 Å². The van der Waals surface area contributed by atoms with Crippen molar-refractivity contribution in [3.63, 3.8) is 0 Å². The predicted octanol–water partition coefficient (Wildman–Crippen LogP) is -1.72. The first kappa shape index (κ1) is 16.4. The monoisotopic (exact) mass is 287 g/mol. The van der Waals surface area contributed by atoms with E-state index in [1.807, 2.05) is 0 Å². The lowest BCUT2D eigenvalue weighted by atomic mass is 10.1. The molecule has 1 heterocycles. The van der Waals surface area contributed by atoms with Crippen LogP contribution in [0.4, 0.5) is 0 Å². The van der Waals surface area contributed by atoms with Gasteiger partial charge in [-0.15, -0.1) is 0 Å². The van der Waals surface area contributed by atoms with Gasteiger partial charge in [-0.05, 0) is 19.4 Å². The lowest BCUT2D eigenvalue weighted by Gasteiger charge is -2.24. The number of aliphatic carboxylic acids is 1. The van der Waals surface area contributed by atoms with Gasteiger partial charge in [0.1, 0.15) is 12.1 Å². The number of carboxylic acid groups (broad SMARTS) is 1. The minimum absolute atomic E-state index is 0.0912. The minimum atomic E-state index is -1.14. The van der Waals surface area contributed by atoms with Crippen molar-refractivity contribution < 1.29 is 24.6 Å². The Hall–Kier alpha value is -1.67. The molecule has 1 fully saturated rings. The SMILES string of the molecule is CC(=O)N1CC(O)C[C@H]1C(=O)N[C@@H](CCCN)C(=O)O. The Balaban J connectivity index is 2.67. The van der Waals surface area contributed by atoms with Crippen LogP contribution < -0.4 is 11.1 Å². The number of likely N-dealkylation sites (tertiary alicyclic amines) is 1. The molecule has 1 unspecified atom stereocenters. The molecule has 5 N–H and O–H groups in total. The van der Waals surface area contributed by atoms with Crippen LogP contribution in [0.3, 0.4) is 0 Å². The topological polar surface area (TPSA) is 133 Å². The standard InChI is InChI=1S/C12H21N3O5/c1-7(16)15-6-8(17)5-10(15)11(18)14-9(12(19)20)3-2-4-13/h8-10,17H,2-6,13H2,1H3,(H,14,18)(H,19,20)/t8?,9-,10-/m0/s1. The summed E-state index contributed by atoms with van der Waals surface area (Å²) < 4.78 is 0. The molecule has 0 aliphatic carbocycles. The molecule has 20 heavy (non-hydrogen) atoms. The van der Waals surface area contributed by atoms with Crippen LogP contribution in [-0.4, -0.2) is 64.2 Å². The lowest BCUT2D eigenvalue weighted by Crippen LogP contribution is -2.50. The molecule has 2 amide bonds. The van der Waals surface area contributed by atoms with Gasteiger partial charge in [-0.3, -0.25) is 9.59 Å². The summed E-state index contributed by atoms with van der Waals surface area (Å²) in [7, 11) is 0. The highest BCUT2D eigenvalue weighted by Gasteiger charge is 2.38. The Morgan fingerprint density at radius 1 is 1.45 bits per heavy atom. The third kappa shape index (κ3) is 4.17. The van der Waals surface area contributed by atoms with Gasteiger partial charge in [0, 0.05) is 19.9 Å². The number of nitrogens with two attached hydrogens (primary N) is 1. The largest absolute Gasteiger partial charge is 0.480 e. The second-order valence-electron chi connectivity index (χ2n) is 4.91. The second kappa shape index (κ2) is 7.20. The molecular weight excluding hydrogens is 266 g/mol. The zero-order valence-corrected chi connectivity index (χ0v) is 11.4. The van der Waals surface area contributed by atoms with Crippen LogP contribution in [0.2, 0.25) is 0 Å². The molecule has 0 spiro atoms. The van der Waals surface area contributed by atoms with Gasteiger partial charge < -0.3 is 26.2 Å². The Kier molecular flexibility index (Phi) is 5.90. The van der Waals surface area contributed by atoms with Crippen molar-refractivity contribution in [3.05, 3.63) is 0 Å². The summed E-state index contributed by atoms with van der Waals surface area (Å²) in [6.45, 7) is 1.73. The fourth-order valence-corrected chi connectivity index (χ4v) is 2.26. The van der Waals surface area contributed by atoms with Gasteiger partial charge >= 0.3 is 5.97 Å². The molecule has 1 rings (SSSR count). The van der Waals surface area contributed by atoms with Crippen molar-refractivity contribution in [3.8, 4) is 0 Å². The Morgan fingerprint density at radius 3 is 2.60 bits per heavy atom. The van der Waals surface area contributed by atoms with Crippen LogP contribution >= 0.6 is 0 Å². The van der Waals surface area contributed by atoms with Gasteiger partial charge in [-0.2, -0.15) is 0 Å². The van der Waals surface area contributed by atoms with E-state index in [9.17, 15) is 19.5 Å². The van der Waals surface area contributed by atoms with Gasteiger partial charge in [0.2, 0.25) is 11.8 Å². The highest BCUT2D eigenvalue weighted by Crippen LogP contribution is 2.18. The molecule has 8 nitrogen and oxygen atoms in total. The van der Waals surface area contributed by atoms with E-state index in [0.717, 1.165) is 0 Å². The number of amides is 2. The maximum Gasteiger partial charge on any atom is 0.326 e. The van der Waals surface area contributed by atoms with Gasteiger partial charge in [-0.1, -0.05) is 0 Å². The summed E-state index contributed by atoms with van der Waals surface area (Å²) in [5.74, 6) is -2.02. The van der Waals surface area contributed by atoms with Crippen LogP contribution in [0, 0.1) is 0 Å². The van der Waals surface area contributed by atoms with Crippen molar-refractivity contribution >= 4 is 17.8 Å². The first-order valence-corrected chi connectivity index (χ1v) is 6.55. The molecule has 8 heteroatoms. The number of carbonyl (C=O) groups is 3. The highest BCUT2D eigenvalue weighted by molar-refractivity contribution is 5.90. The zero-order valence-electron chi connectivity index (χ0n) is 11.4. The van der Waals surface area contributed by atoms with E-state index in [1.54, 1.807) is 0 Å². The summed E-state index contributed by atoms with van der Waals surface area (Å²) in [5.41, 5.74) is 5.32. The normalized spacial score (nSPS) is 23.4. The molecule has 1 aliphatic heterocycles. The molecule has 114 valence electrons. The van der Waals surface area contributed by atoms with Crippen molar-refractivity contribution in [2.24, 2.45) is 5.73 Å². The number of aliphatic hydroxyl groups excluding tert-OH is 1. The number of nitrogens with one attached hydrogen (secondary N) is 1. The fourth-order valence-electron chi connectivity index (χ4n) is 2.26. The number of hydrogen-bond acceptors (Lipinski definition) is 5. The molecule has 0 saturated carbocycles. The molecule has 1 saturated heterocycles. The van der Waals surface area contributed by atoms with E-state index in [1.165, 1.54) is 11.8 Å². The molecule has 1 aliphatic rings. The van der Waals surface area contributed by atoms with Crippen molar-refractivity contribution in [2.75, 3.05) is 13.1 Å². The van der Waals surface area contributed by atoms with Crippen LogP contribution in [0.25, 0.3) is 0 Å². The zero-order chi connectivity index (χ0) is 15.3. The predicted molar refractivity (Wildman–Crippen MR) is 69.7 cm³/mol. The van der Waals surface area contributed by atoms with Crippen LogP contribution in [-0.2, 0) is 14.4 Å². The first-order chi connectivity index (χ1) is 9.36. The summed E-state index contributed by atoms with van der Waals surface area (Å²) in [6.07, 6.45) is 0.0599. The average Bonchev–Trinajstić information content (AvgIpc) is 2.76. The van der Waals surface area contributed by atoms with Crippen LogP contribution in [0.5, 0.6) is 0 Å². The molecule has 0 bridgehead atoms. The summed E-state index contributed by atoms with van der Waals surface area (Å²) >= 11 is 0. The van der Waals surface area contributed by atoms with Gasteiger partial charge in [0.15, 0.2) is 0 Å². The molecule has 0 aromatic carbocycles. The third-order valence-corrected chi connectivity index (χ3v) is 3.30. The number of β-amino-alcohol motifs (C(OH)–C–C–N with tert-alkyl or cyclic N) is 1. The second-order valence-corrected chi connectivity index (χ2v) is 4.91. The van der Waals surface area contributed by atoms with E-state index in [0.29, 0.717) is 13.0 Å². The molecule has 3 atom stereocenters. The van der Waals surface area contributed by atoms with Gasteiger partial charge in [0.25, 0.3) is 0 Å². The molecule has 0 aromatic heterocycles. The number of carbonyl (C=O) groups excluding carboxylic acids is 2. The maximum absolute atomic E-state index is 12.1. The smallest absolute Gasteiger partial charge is 0.326 e. The van der Waals surface area contributed by atoms with Crippen LogP contribution in [0.15, 0.2) is 0 Å². The Bertz CT molecular complexity index is 387. The Morgan fingerprint density at radius 2 is 2.10 bits per heavy atom. The highest BCUT2D eigenvalue weighted by atomic mass is 16.4. The summed E-state index contributed by atoms with van der Waals surface area (Å²) in [4.78, 5) is 35.8. The van der Waals surface area contributed by atoms with Crippen molar-refractivity contribution in [1.29, 1.82) is 0 Å². The summed E-state index contributed by atoms with van der Waals surface area (Å²) in [6, 6.07) is -1.85. The number of rotatable bonds is 6. The summed E-state index contributed by atoms with van der Waals surface area (Å²) in [5, 5.41) is 21.0. The number of carboxylic acids is 1. The van der Waals surface area contributed by atoms with E-state index >= 15 is 0 Å². The van der Waals surface area contributed by atoms with E-state index in [2.05, 4.69) is 5.32 Å². The van der Waals surface area contributed by atoms with Crippen LogP contribution in [0.1, 0.15) is 26.2 Å². The number of aliphatic hydroxyl groups is 1. The third-order valence-electron chi connectivity index (χ3n) is 3.30. The van der Waals surface area contributed by atoms with Crippen molar-refractivity contribution in [2.45, 2.75) is 44.4 Å². The first-order valence-electron chi connectivity index (χ1n) is 6.55. The minimum Gasteiger partial charge on any atom is -0.480 e. The number of nitrogens with zero attached hydrogens (tertiary/aromatic N) is 1. The molecular formula is C12H21N3O5. The van der Waals surface area contributed by atoms with Gasteiger partial charge in [0.05, 0.1) is 6.10 Å². The Labute approximate surface area is 116 Å². The number of hydrogen-bond donors (Lipinski definition) is 4. The van der Waals surface area contributed by atoms with E-state index < -0.39 is 30.1 Å². The average molecular weight is 287 g/mol. The quantitative estimate of drug-likeness (QED) is 0.459. The van der Waals surface area contributed by atoms with E-state index in [-0.39, 0.29) is 25.3 Å². The fraction of sp³-hybridized carbons (Fsp3) is 0.750. The lowest BCUT2D eigenvalue weighted by molar-refractivity contribution is -0.143. The van der Waals surface area contributed by atoms with E-state index in [4.69, 9.17) is 10.8 Å².